The zero-order chi connectivity index (χ0) is 14.9. The summed E-state index contributed by atoms with van der Waals surface area (Å²) in [5.74, 6) is -1.93. The molecule has 20 heavy (non-hydrogen) atoms. The number of carboxylic acid groups (broad SMARTS) is 1. The van der Waals surface area contributed by atoms with E-state index < -0.39 is 28.0 Å². The highest BCUT2D eigenvalue weighted by Gasteiger charge is 2.41. The first-order valence-corrected chi connectivity index (χ1v) is 8.12. The third kappa shape index (κ3) is 2.43. The average molecular weight is 319 g/mol. The van der Waals surface area contributed by atoms with E-state index in [0.29, 0.717) is 6.42 Å². The van der Waals surface area contributed by atoms with Gasteiger partial charge in [-0.25, -0.2) is 13.2 Å². The van der Waals surface area contributed by atoms with Crippen LogP contribution in [0.4, 0.5) is 0 Å². The number of rotatable bonds is 4. The number of hydrogen-bond acceptors (Lipinski definition) is 6. The second-order valence-corrected chi connectivity index (χ2v) is 6.99. The smallest absolute Gasteiger partial charge is 0.349 e. The van der Waals surface area contributed by atoms with Crippen molar-refractivity contribution in [1.29, 1.82) is 0 Å². The normalized spacial score (nSPS) is 19.9. The van der Waals surface area contributed by atoms with Crippen molar-refractivity contribution in [1.82, 2.24) is 4.31 Å². The number of ether oxygens (including phenoxy) is 1. The monoisotopic (exact) mass is 319 g/mol. The number of hydrogen-bond donors (Lipinski definition) is 1. The second kappa shape index (κ2) is 5.51. The molecule has 1 N–H and O–H groups in total. The third-order valence-electron chi connectivity index (χ3n) is 3.08. The Morgan fingerprint density at radius 2 is 2.20 bits per heavy atom. The largest absolute Gasteiger partial charge is 0.480 e. The third-order valence-corrected chi connectivity index (χ3v) is 6.05. The molecule has 2 rings (SSSR count). The Morgan fingerprint density at radius 3 is 2.80 bits per heavy atom. The number of methoxy groups -OCH3 is 1. The molecule has 0 aliphatic carbocycles. The molecule has 0 bridgehead atoms. The van der Waals surface area contributed by atoms with Crippen LogP contribution in [-0.4, -0.2) is 49.5 Å². The van der Waals surface area contributed by atoms with Crippen LogP contribution in [0, 0.1) is 0 Å². The van der Waals surface area contributed by atoms with Gasteiger partial charge in [0.15, 0.2) is 0 Å². The summed E-state index contributed by atoms with van der Waals surface area (Å²) in [6.45, 7) is 0.135. The van der Waals surface area contributed by atoms with E-state index in [1.807, 2.05) is 0 Å². The second-order valence-electron chi connectivity index (χ2n) is 4.22. The van der Waals surface area contributed by atoms with Gasteiger partial charge in [-0.15, -0.1) is 11.3 Å². The summed E-state index contributed by atoms with van der Waals surface area (Å²) >= 11 is 0.950. The minimum Gasteiger partial charge on any atom is -0.480 e. The zero-order valence-corrected chi connectivity index (χ0v) is 12.2. The number of carboxylic acids is 1. The summed E-state index contributed by atoms with van der Waals surface area (Å²) in [5.41, 5.74) is 0. The first kappa shape index (κ1) is 14.9. The van der Waals surface area contributed by atoms with E-state index in [1.165, 1.54) is 11.4 Å². The van der Waals surface area contributed by atoms with Crippen LogP contribution in [0.15, 0.2) is 16.3 Å². The van der Waals surface area contributed by atoms with Gasteiger partial charge < -0.3 is 9.84 Å². The molecule has 1 aromatic rings. The summed E-state index contributed by atoms with van der Waals surface area (Å²) in [4.78, 5) is 22.4. The number of sulfonamides is 1. The molecule has 2 heterocycles. The lowest BCUT2D eigenvalue weighted by Gasteiger charge is -2.20. The molecule has 9 heteroatoms. The summed E-state index contributed by atoms with van der Waals surface area (Å²) < 4.78 is 30.5. The Kier molecular flexibility index (Phi) is 4.11. The molecule has 1 fully saturated rings. The zero-order valence-electron chi connectivity index (χ0n) is 10.6. The summed E-state index contributed by atoms with van der Waals surface area (Å²) in [6, 6.07) is 0.217. The molecule has 0 radical (unpaired) electrons. The molecule has 1 saturated heterocycles. The van der Waals surface area contributed by atoms with Gasteiger partial charge in [-0.1, -0.05) is 0 Å². The number of carbonyl (C=O) groups excluding carboxylic acids is 1. The molecule has 0 aromatic carbocycles. The van der Waals surface area contributed by atoms with E-state index in [-0.39, 0.29) is 22.7 Å². The fourth-order valence-corrected chi connectivity index (χ4v) is 5.10. The van der Waals surface area contributed by atoms with E-state index in [0.717, 1.165) is 22.8 Å². The van der Waals surface area contributed by atoms with E-state index in [1.54, 1.807) is 0 Å². The van der Waals surface area contributed by atoms with Crippen LogP contribution in [0.2, 0.25) is 0 Å². The minimum atomic E-state index is -4.01. The predicted molar refractivity (Wildman–Crippen MR) is 70.2 cm³/mol. The lowest BCUT2D eigenvalue weighted by Crippen LogP contribution is -2.40. The van der Waals surface area contributed by atoms with Crippen molar-refractivity contribution in [3.8, 4) is 0 Å². The Labute approximate surface area is 119 Å². The topological polar surface area (TPSA) is 101 Å². The van der Waals surface area contributed by atoms with Crippen molar-refractivity contribution in [2.24, 2.45) is 0 Å². The molecule has 1 atom stereocenters. The summed E-state index contributed by atoms with van der Waals surface area (Å²) in [7, 11) is -2.85. The fraction of sp³-hybridized carbons (Fsp3) is 0.455. The van der Waals surface area contributed by atoms with Crippen LogP contribution in [-0.2, 0) is 19.6 Å². The highest BCUT2D eigenvalue weighted by molar-refractivity contribution is 7.89. The quantitative estimate of drug-likeness (QED) is 0.823. The number of esters is 1. The van der Waals surface area contributed by atoms with Crippen molar-refractivity contribution in [2.75, 3.05) is 13.7 Å². The molecule has 1 aliphatic rings. The van der Waals surface area contributed by atoms with Gasteiger partial charge in [0.25, 0.3) is 0 Å². The van der Waals surface area contributed by atoms with Crippen molar-refractivity contribution in [2.45, 2.75) is 23.8 Å². The Bertz CT molecular complexity index is 635. The maximum absolute atomic E-state index is 12.5. The number of nitrogens with zero attached hydrogens (tertiary/aromatic N) is 1. The molecular weight excluding hydrogens is 306 g/mol. The van der Waals surface area contributed by atoms with Gasteiger partial charge in [0, 0.05) is 6.54 Å². The molecule has 1 unspecified atom stereocenters. The molecule has 1 aromatic heterocycles. The van der Waals surface area contributed by atoms with Crippen LogP contribution < -0.4 is 0 Å². The van der Waals surface area contributed by atoms with Crippen LogP contribution in [0.1, 0.15) is 22.5 Å². The van der Waals surface area contributed by atoms with Gasteiger partial charge in [-0.3, -0.25) is 4.79 Å². The van der Waals surface area contributed by atoms with Gasteiger partial charge in [-0.2, -0.15) is 4.31 Å². The van der Waals surface area contributed by atoms with Gasteiger partial charge in [0.1, 0.15) is 15.8 Å². The standard InChI is InChI=1S/C11H13NO6S2/c1-18-11(15)9-8(4-6-19-9)20(16,17)12-5-2-3-7(12)10(13)14/h4,6-7H,2-3,5H2,1H3,(H,13,14). The van der Waals surface area contributed by atoms with Gasteiger partial charge >= 0.3 is 11.9 Å². The van der Waals surface area contributed by atoms with Gasteiger partial charge in [0.05, 0.1) is 7.11 Å². The van der Waals surface area contributed by atoms with Crippen LogP contribution in [0.5, 0.6) is 0 Å². The van der Waals surface area contributed by atoms with E-state index in [9.17, 15) is 18.0 Å². The summed E-state index contributed by atoms with van der Waals surface area (Å²) in [6.07, 6.45) is 0.750. The van der Waals surface area contributed by atoms with Crippen molar-refractivity contribution in [3.63, 3.8) is 0 Å². The predicted octanol–water partition coefficient (Wildman–Crippen LogP) is 0.772. The highest BCUT2D eigenvalue weighted by Crippen LogP contribution is 2.30. The van der Waals surface area contributed by atoms with Crippen molar-refractivity contribution < 1.29 is 27.9 Å². The molecular formula is C11H13NO6S2. The molecule has 0 spiro atoms. The van der Waals surface area contributed by atoms with Gasteiger partial charge in [0.2, 0.25) is 10.0 Å². The van der Waals surface area contributed by atoms with E-state index >= 15 is 0 Å². The lowest BCUT2D eigenvalue weighted by molar-refractivity contribution is -0.140. The SMILES string of the molecule is COC(=O)c1sccc1S(=O)(=O)N1CCCC1C(=O)O. The number of carbonyl (C=O) groups is 2. The molecule has 0 saturated carbocycles. The Hall–Kier alpha value is -1.45. The van der Waals surface area contributed by atoms with E-state index in [2.05, 4.69) is 4.74 Å². The minimum absolute atomic E-state index is 0.0384. The lowest BCUT2D eigenvalue weighted by atomic mass is 10.2. The molecule has 1 aliphatic heterocycles. The highest BCUT2D eigenvalue weighted by atomic mass is 32.2. The van der Waals surface area contributed by atoms with Crippen molar-refractivity contribution in [3.05, 3.63) is 16.3 Å². The van der Waals surface area contributed by atoms with Crippen LogP contribution in [0.25, 0.3) is 0 Å². The molecule has 7 nitrogen and oxygen atoms in total. The van der Waals surface area contributed by atoms with Gasteiger partial charge in [-0.05, 0) is 24.3 Å². The maximum Gasteiger partial charge on any atom is 0.349 e. The number of aliphatic carboxylic acids is 1. The van der Waals surface area contributed by atoms with Crippen LogP contribution >= 0.6 is 11.3 Å². The average Bonchev–Trinajstić information content (AvgIpc) is 3.06. The first-order chi connectivity index (χ1) is 9.39. The Morgan fingerprint density at radius 1 is 1.50 bits per heavy atom. The maximum atomic E-state index is 12.5. The molecule has 110 valence electrons. The summed E-state index contributed by atoms with van der Waals surface area (Å²) in [5, 5.41) is 10.5. The Balaban J connectivity index is 2.43. The molecule has 0 amide bonds. The van der Waals surface area contributed by atoms with E-state index in [4.69, 9.17) is 5.11 Å². The first-order valence-electron chi connectivity index (χ1n) is 5.80. The van der Waals surface area contributed by atoms with Crippen LogP contribution in [0.3, 0.4) is 0 Å². The fourth-order valence-electron chi connectivity index (χ4n) is 2.14. The van der Waals surface area contributed by atoms with Crippen molar-refractivity contribution >= 4 is 33.3 Å². The number of thiophene rings is 1.